The molecule has 0 saturated carbocycles. The van der Waals surface area contributed by atoms with Crippen LogP contribution in [-0.2, 0) is 0 Å². The van der Waals surface area contributed by atoms with Crippen LogP contribution >= 0.6 is 22.6 Å². The molecule has 1 amide bonds. The van der Waals surface area contributed by atoms with Gasteiger partial charge in [0.1, 0.15) is 11.6 Å². The number of nitrogens with zero attached hydrogens (tertiary/aromatic N) is 1. The monoisotopic (exact) mass is 410 g/mol. The zero-order valence-corrected chi connectivity index (χ0v) is 13.8. The van der Waals surface area contributed by atoms with Gasteiger partial charge in [-0.1, -0.05) is 0 Å². The number of hydrogen-bond donors (Lipinski definition) is 1. The average molecular weight is 410 g/mol. The van der Waals surface area contributed by atoms with E-state index in [0.717, 1.165) is 0 Å². The van der Waals surface area contributed by atoms with Gasteiger partial charge >= 0.3 is 0 Å². The lowest BCUT2D eigenvalue weighted by atomic mass is 10.1. The van der Waals surface area contributed by atoms with Crippen molar-refractivity contribution in [3.63, 3.8) is 0 Å². The molecule has 0 fully saturated rings. The molecule has 0 heterocycles. The number of amides is 1. The van der Waals surface area contributed by atoms with Crippen LogP contribution in [0.15, 0.2) is 36.4 Å². The Labute approximate surface area is 141 Å². The first kappa shape index (κ1) is 16.2. The molecular formula is C16H12FIN2O2. The topological polar surface area (TPSA) is 62.1 Å². The Kier molecular flexibility index (Phi) is 5.33. The number of hydrogen-bond acceptors (Lipinski definition) is 3. The molecule has 0 radical (unpaired) electrons. The predicted molar refractivity (Wildman–Crippen MR) is 89.4 cm³/mol. The zero-order chi connectivity index (χ0) is 16.1. The second kappa shape index (κ2) is 7.22. The number of anilines is 1. The van der Waals surface area contributed by atoms with Gasteiger partial charge in [0.25, 0.3) is 5.91 Å². The van der Waals surface area contributed by atoms with E-state index in [1.54, 1.807) is 18.2 Å². The standard InChI is InChI=1S/C16H12FIN2O2/c1-2-22-15-6-3-10(9-19)7-14(15)20-16(21)12-5-4-11(17)8-13(12)18/h3-8H,2H2,1H3,(H,20,21). The summed E-state index contributed by atoms with van der Waals surface area (Å²) in [6.07, 6.45) is 0. The highest BCUT2D eigenvalue weighted by molar-refractivity contribution is 14.1. The summed E-state index contributed by atoms with van der Waals surface area (Å²) in [5.74, 6) is -0.310. The summed E-state index contributed by atoms with van der Waals surface area (Å²) in [4.78, 5) is 12.3. The van der Waals surface area contributed by atoms with Crippen molar-refractivity contribution in [1.82, 2.24) is 0 Å². The first-order chi connectivity index (χ1) is 10.5. The van der Waals surface area contributed by atoms with Crippen molar-refractivity contribution in [1.29, 1.82) is 5.26 Å². The van der Waals surface area contributed by atoms with Crippen LogP contribution in [-0.4, -0.2) is 12.5 Å². The number of nitrogens with one attached hydrogen (secondary N) is 1. The van der Waals surface area contributed by atoms with E-state index in [0.29, 0.717) is 32.7 Å². The van der Waals surface area contributed by atoms with E-state index in [1.807, 2.05) is 35.6 Å². The van der Waals surface area contributed by atoms with Gasteiger partial charge in [-0.05, 0) is 65.9 Å². The van der Waals surface area contributed by atoms with Crippen LogP contribution in [0.2, 0.25) is 0 Å². The maximum Gasteiger partial charge on any atom is 0.256 e. The molecule has 2 aromatic carbocycles. The van der Waals surface area contributed by atoms with Gasteiger partial charge in [0, 0.05) is 3.57 Å². The molecule has 0 unspecified atom stereocenters. The van der Waals surface area contributed by atoms with Gasteiger partial charge < -0.3 is 10.1 Å². The molecule has 112 valence electrons. The van der Waals surface area contributed by atoms with E-state index in [9.17, 15) is 9.18 Å². The number of carbonyl (C=O) groups is 1. The molecule has 0 atom stereocenters. The average Bonchev–Trinajstić information content (AvgIpc) is 2.49. The highest BCUT2D eigenvalue weighted by Crippen LogP contribution is 2.27. The van der Waals surface area contributed by atoms with E-state index in [-0.39, 0.29) is 5.91 Å². The Hall–Kier alpha value is -2.14. The van der Waals surface area contributed by atoms with Crippen LogP contribution in [0.5, 0.6) is 5.75 Å². The van der Waals surface area contributed by atoms with Crippen molar-refractivity contribution in [3.05, 3.63) is 56.9 Å². The van der Waals surface area contributed by atoms with Crippen LogP contribution in [0.3, 0.4) is 0 Å². The Balaban J connectivity index is 2.32. The lowest BCUT2D eigenvalue weighted by Gasteiger charge is -2.12. The van der Waals surface area contributed by atoms with Crippen LogP contribution in [0, 0.1) is 20.7 Å². The fraction of sp³-hybridized carbons (Fsp3) is 0.125. The summed E-state index contributed by atoms with van der Waals surface area (Å²) >= 11 is 1.90. The van der Waals surface area contributed by atoms with E-state index >= 15 is 0 Å². The maximum absolute atomic E-state index is 13.1. The molecule has 2 aromatic rings. The van der Waals surface area contributed by atoms with Crippen LogP contribution in [0.4, 0.5) is 10.1 Å². The van der Waals surface area contributed by atoms with Gasteiger partial charge in [-0.25, -0.2) is 4.39 Å². The molecule has 22 heavy (non-hydrogen) atoms. The molecule has 4 nitrogen and oxygen atoms in total. The Morgan fingerprint density at radius 1 is 1.36 bits per heavy atom. The quantitative estimate of drug-likeness (QED) is 0.777. The zero-order valence-electron chi connectivity index (χ0n) is 11.7. The molecule has 6 heteroatoms. The number of benzene rings is 2. The highest BCUT2D eigenvalue weighted by Gasteiger charge is 2.14. The minimum atomic E-state index is -0.401. The second-order valence-electron chi connectivity index (χ2n) is 4.33. The van der Waals surface area contributed by atoms with Crippen molar-refractivity contribution in [2.24, 2.45) is 0 Å². The number of carbonyl (C=O) groups excluding carboxylic acids is 1. The first-order valence-electron chi connectivity index (χ1n) is 6.48. The summed E-state index contributed by atoms with van der Waals surface area (Å²) in [7, 11) is 0. The molecule has 1 N–H and O–H groups in total. The Morgan fingerprint density at radius 2 is 2.14 bits per heavy atom. The summed E-state index contributed by atoms with van der Waals surface area (Å²) in [6.45, 7) is 2.26. The van der Waals surface area contributed by atoms with Gasteiger partial charge in [0.2, 0.25) is 0 Å². The van der Waals surface area contributed by atoms with Crippen LogP contribution in [0.25, 0.3) is 0 Å². The van der Waals surface area contributed by atoms with Gasteiger partial charge in [0.05, 0.1) is 29.5 Å². The molecule has 2 rings (SSSR count). The van der Waals surface area contributed by atoms with E-state index in [2.05, 4.69) is 5.32 Å². The Morgan fingerprint density at radius 3 is 2.77 bits per heavy atom. The molecular weight excluding hydrogens is 398 g/mol. The van der Waals surface area contributed by atoms with Crippen molar-refractivity contribution in [2.45, 2.75) is 6.92 Å². The first-order valence-corrected chi connectivity index (χ1v) is 7.56. The van der Waals surface area contributed by atoms with E-state index in [4.69, 9.17) is 10.00 Å². The normalized spacial score (nSPS) is 9.91. The third-order valence-corrected chi connectivity index (χ3v) is 3.72. The minimum absolute atomic E-state index is 0.354. The molecule has 0 aliphatic rings. The van der Waals surface area contributed by atoms with Gasteiger partial charge in [-0.2, -0.15) is 5.26 Å². The molecule has 0 bridgehead atoms. The highest BCUT2D eigenvalue weighted by atomic mass is 127. The SMILES string of the molecule is CCOc1ccc(C#N)cc1NC(=O)c1ccc(F)cc1I. The molecule has 0 aliphatic heterocycles. The lowest BCUT2D eigenvalue weighted by Crippen LogP contribution is -2.14. The van der Waals surface area contributed by atoms with Crippen molar-refractivity contribution >= 4 is 34.2 Å². The summed E-state index contributed by atoms with van der Waals surface area (Å²) in [5, 5.41) is 11.7. The summed E-state index contributed by atoms with van der Waals surface area (Å²) in [6, 6.07) is 10.7. The smallest absolute Gasteiger partial charge is 0.256 e. The fourth-order valence-corrected chi connectivity index (χ4v) is 2.56. The minimum Gasteiger partial charge on any atom is -0.492 e. The van der Waals surface area contributed by atoms with Crippen molar-refractivity contribution in [3.8, 4) is 11.8 Å². The van der Waals surface area contributed by atoms with Crippen molar-refractivity contribution < 1.29 is 13.9 Å². The van der Waals surface area contributed by atoms with Gasteiger partial charge in [-0.15, -0.1) is 0 Å². The lowest BCUT2D eigenvalue weighted by molar-refractivity contribution is 0.102. The molecule has 0 aromatic heterocycles. The summed E-state index contributed by atoms with van der Waals surface area (Å²) in [5.41, 5.74) is 1.17. The van der Waals surface area contributed by atoms with Crippen LogP contribution in [0.1, 0.15) is 22.8 Å². The number of halogens is 2. The molecule has 0 spiro atoms. The third-order valence-electron chi connectivity index (χ3n) is 2.83. The number of rotatable bonds is 4. The van der Waals surface area contributed by atoms with E-state index in [1.165, 1.54) is 18.2 Å². The maximum atomic E-state index is 13.1. The second-order valence-corrected chi connectivity index (χ2v) is 5.50. The molecule has 0 saturated heterocycles. The largest absolute Gasteiger partial charge is 0.492 e. The van der Waals surface area contributed by atoms with Gasteiger partial charge in [0.15, 0.2) is 0 Å². The number of ether oxygens (including phenoxy) is 1. The van der Waals surface area contributed by atoms with E-state index < -0.39 is 5.82 Å². The molecule has 0 aliphatic carbocycles. The Bertz CT molecular complexity index is 756. The van der Waals surface area contributed by atoms with Gasteiger partial charge in [-0.3, -0.25) is 4.79 Å². The number of nitriles is 1. The summed E-state index contributed by atoms with van der Waals surface area (Å²) < 4.78 is 19.0. The predicted octanol–water partition coefficient (Wildman–Crippen LogP) is 3.95. The van der Waals surface area contributed by atoms with Crippen molar-refractivity contribution in [2.75, 3.05) is 11.9 Å². The third kappa shape index (κ3) is 3.74. The fourth-order valence-electron chi connectivity index (χ4n) is 1.84. The van der Waals surface area contributed by atoms with Crippen LogP contribution < -0.4 is 10.1 Å².